The third kappa shape index (κ3) is 5.55. The number of ether oxygens (including phenoxy) is 5. The Morgan fingerprint density at radius 3 is 1.76 bits per heavy atom. The Labute approximate surface area is 260 Å². The molecule has 3 aliphatic rings. The topological polar surface area (TPSA) is 121 Å². The second-order valence-corrected chi connectivity index (χ2v) is 10.9. The second-order valence-electron chi connectivity index (χ2n) is 10.9. The Kier molecular flexibility index (Phi) is 8.58. The maximum absolute atomic E-state index is 13.4. The van der Waals surface area contributed by atoms with Crippen LogP contribution in [0.25, 0.3) is 10.8 Å². The second kappa shape index (κ2) is 12.7. The molecule has 0 saturated heterocycles. The van der Waals surface area contributed by atoms with Crippen LogP contribution in [0.4, 0.5) is 0 Å². The Balaban J connectivity index is 1.06. The number of esters is 2. The molecule has 7 rings (SSSR count). The monoisotopic (exact) mass is 610 g/mol. The van der Waals surface area contributed by atoms with Gasteiger partial charge in [-0.2, -0.15) is 0 Å². The molecule has 9 nitrogen and oxygen atoms in total. The Bertz CT molecular complexity index is 1680. The van der Waals surface area contributed by atoms with E-state index in [0.717, 1.165) is 16.8 Å². The number of carbonyl (C=O) groups excluding carboxylic acids is 2. The molecule has 0 aromatic heterocycles. The van der Waals surface area contributed by atoms with Gasteiger partial charge in [-0.15, -0.1) is 0 Å². The molecule has 0 aliphatic heterocycles. The quantitative estimate of drug-likeness (QED) is 0.129. The number of benzene rings is 4. The predicted molar refractivity (Wildman–Crippen MR) is 165 cm³/mol. The summed E-state index contributed by atoms with van der Waals surface area (Å²) in [6.07, 6.45) is 1.11. The first-order valence-corrected chi connectivity index (χ1v) is 14.8. The van der Waals surface area contributed by atoms with Gasteiger partial charge in [0, 0.05) is 23.3 Å². The number of fused-ring (bicyclic) bond motifs is 2. The Hall–Kier alpha value is -4.70. The molecule has 0 heterocycles. The fourth-order valence-corrected chi connectivity index (χ4v) is 6.40. The van der Waals surface area contributed by atoms with Gasteiger partial charge in [-0.25, -0.2) is 4.79 Å². The molecular weight excluding hydrogens is 576 g/mol. The van der Waals surface area contributed by atoms with E-state index in [-0.39, 0.29) is 32.8 Å². The van der Waals surface area contributed by atoms with E-state index in [4.69, 9.17) is 23.7 Å². The van der Waals surface area contributed by atoms with Gasteiger partial charge in [0.2, 0.25) is 0 Å². The smallest absolute Gasteiger partial charge is 0.330 e. The van der Waals surface area contributed by atoms with Gasteiger partial charge >= 0.3 is 11.9 Å². The summed E-state index contributed by atoms with van der Waals surface area (Å²) >= 11 is 0. The van der Waals surface area contributed by atoms with Gasteiger partial charge in [-0.1, -0.05) is 79.4 Å². The highest BCUT2D eigenvalue weighted by atomic mass is 16.6. The van der Waals surface area contributed by atoms with Crippen molar-refractivity contribution in [3.05, 3.63) is 120 Å². The van der Waals surface area contributed by atoms with E-state index >= 15 is 0 Å². The SMILES string of the molecule is C=CC(=O)OCCOCCOc1ccc(OCCOC(=O)C2CC3(O)c4ccccc4C2(O)c2ccccc23)c2ccccc12. The van der Waals surface area contributed by atoms with Gasteiger partial charge in [0.25, 0.3) is 0 Å². The van der Waals surface area contributed by atoms with Crippen LogP contribution in [0.2, 0.25) is 0 Å². The van der Waals surface area contributed by atoms with Gasteiger partial charge in [0.05, 0.1) is 19.1 Å². The van der Waals surface area contributed by atoms with Crippen molar-refractivity contribution < 1.29 is 43.5 Å². The zero-order chi connectivity index (χ0) is 31.4. The molecule has 0 fully saturated rings. The molecule has 0 amide bonds. The summed E-state index contributed by atoms with van der Waals surface area (Å²) in [5.74, 6) is -0.825. The van der Waals surface area contributed by atoms with Crippen molar-refractivity contribution in [3.8, 4) is 11.5 Å². The van der Waals surface area contributed by atoms with Crippen LogP contribution in [0.5, 0.6) is 11.5 Å². The number of aliphatic hydroxyl groups is 2. The van der Waals surface area contributed by atoms with Crippen LogP contribution in [0.15, 0.2) is 97.6 Å². The van der Waals surface area contributed by atoms with E-state index < -0.39 is 29.1 Å². The lowest BCUT2D eigenvalue weighted by molar-refractivity contribution is -0.167. The van der Waals surface area contributed by atoms with Crippen molar-refractivity contribution in [2.24, 2.45) is 5.92 Å². The summed E-state index contributed by atoms with van der Waals surface area (Å²) in [6, 6.07) is 25.6. The van der Waals surface area contributed by atoms with Gasteiger partial charge in [0.15, 0.2) is 0 Å². The molecule has 1 unspecified atom stereocenters. The van der Waals surface area contributed by atoms with E-state index in [1.165, 1.54) is 0 Å². The first kappa shape index (κ1) is 30.3. The summed E-state index contributed by atoms with van der Waals surface area (Å²) in [7, 11) is 0. The van der Waals surface area contributed by atoms with Gasteiger partial charge in [-0.05, 0) is 34.4 Å². The Morgan fingerprint density at radius 2 is 1.18 bits per heavy atom. The molecule has 45 heavy (non-hydrogen) atoms. The summed E-state index contributed by atoms with van der Waals surface area (Å²) in [6.45, 7) is 4.39. The highest BCUT2D eigenvalue weighted by Crippen LogP contribution is 2.59. The van der Waals surface area contributed by atoms with Gasteiger partial charge in [-0.3, -0.25) is 4.79 Å². The van der Waals surface area contributed by atoms with Crippen molar-refractivity contribution in [1.29, 1.82) is 0 Å². The molecular formula is C36H34O9. The van der Waals surface area contributed by atoms with E-state index in [9.17, 15) is 19.8 Å². The van der Waals surface area contributed by atoms with E-state index in [0.29, 0.717) is 47.0 Å². The van der Waals surface area contributed by atoms with Crippen LogP contribution in [0.1, 0.15) is 28.7 Å². The van der Waals surface area contributed by atoms with Gasteiger partial charge in [0.1, 0.15) is 49.1 Å². The lowest BCUT2D eigenvalue weighted by Crippen LogP contribution is -2.57. The average Bonchev–Trinajstić information content (AvgIpc) is 3.07. The number of hydrogen-bond acceptors (Lipinski definition) is 9. The third-order valence-electron chi connectivity index (χ3n) is 8.41. The van der Waals surface area contributed by atoms with Crippen molar-refractivity contribution in [1.82, 2.24) is 0 Å². The maximum Gasteiger partial charge on any atom is 0.330 e. The molecule has 0 saturated carbocycles. The minimum atomic E-state index is -1.62. The molecule has 4 aromatic carbocycles. The highest BCUT2D eigenvalue weighted by molar-refractivity contribution is 5.93. The fraction of sp³-hybridized carbons (Fsp3) is 0.278. The number of rotatable bonds is 13. The minimum Gasteiger partial charge on any atom is -0.491 e. The summed E-state index contributed by atoms with van der Waals surface area (Å²) in [5.41, 5.74) is -0.776. The van der Waals surface area contributed by atoms with Crippen LogP contribution >= 0.6 is 0 Å². The first-order chi connectivity index (χ1) is 21.9. The van der Waals surface area contributed by atoms with Crippen LogP contribution < -0.4 is 9.47 Å². The van der Waals surface area contributed by atoms with Crippen LogP contribution in [0, 0.1) is 5.92 Å². The van der Waals surface area contributed by atoms with Crippen LogP contribution in [-0.4, -0.2) is 61.8 Å². The van der Waals surface area contributed by atoms with Gasteiger partial charge < -0.3 is 33.9 Å². The largest absolute Gasteiger partial charge is 0.491 e. The van der Waals surface area contributed by atoms with Crippen LogP contribution in [0.3, 0.4) is 0 Å². The fourth-order valence-electron chi connectivity index (χ4n) is 6.40. The lowest BCUT2D eigenvalue weighted by Gasteiger charge is -2.53. The molecule has 0 radical (unpaired) electrons. The van der Waals surface area contributed by atoms with Crippen molar-refractivity contribution in [2.45, 2.75) is 17.6 Å². The summed E-state index contributed by atoms with van der Waals surface area (Å²) in [4.78, 5) is 24.5. The first-order valence-electron chi connectivity index (χ1n) is 14.8. The molecule has 0 spiro atoms. The van der Waals surface area contributed by atoms with Crippen molar-refractivity contribution >= 4 is 22.7 Å². The maximum atomic E-state index is 13.4. The molecule has 2 bridgehead atoms. The predicted octanol–water partition coefficient (Wildman–Crippen LogP) is 4.39. The normalized spacial score (nSPS) is 21.0. The highest BCUT2D eigenvalue weighted by Gasteiger charge is 2.62. The summed E-state index contributed by atoms with van der Waals surface area (Å²) < 4.78 is 27.9. The van der Waals surface area contributed by atoms with E-state index in [1.54, 1.807) is 48.5 Å². The zero-order valence-corrected chi connectivity index (χ0v) is 24.6. The van der Waals surface area contributed by atoms with E-state index in [2.05, 4.69) is 6.58 Å². The van der Waals surface area contributed by atoms with Crippen molar-refractivity contribution in [2.75, 3.05) is 39.6 Å². The Morgan fingerprint density at radius 1 is 0.689 bits per heavy atom. The number of hydrogen-bond donors (Lipinski definition) is 2. The molecule has 3 aliphatic carbocycles. The lowest BCUT2D eigenvalue weighted by atomic mass is 9.54. The molecule has 232 valence electrons. The average molecular weight is 611 g/mol. The third-order valence-corrected chi connectivity index (χ3v) is 8.41. The molecule has 1 atom stereocenters. The molecule has 4 aromatic rings. The molecule has 2 N–H and O–H groups in total. The minimum absolute atomic E-state index is 0.0110. The molecule has 9 heteroatoms. The standard InChI is InChI=1S/C36H34O9/c1-2-33(37)44-20-18-41-17-19-42-31-15-16-32(25-10-4-3-9-24(25)31)43-21-22-45-34(38)30-23-35(39)26-11-5-7-13-28(26)36(30,40)29-14-8-6-12-27(29)35/h2-16,30,39-40H,1,17-23H2. The number of carbonyl (C=O) groups is 2. The van der Waals surface area contributed by atoms with E-state index in [1.807, 2.05) is 36.4 Å². The van der Waals surface area contributed by atoms with Crippen LogP contribution in [-0.2, 0) is 35.0 Å². The van der Waals surface area contributed by atoms with Crippen molar-refractivity contribution in [3.63, 3.8) is 0 Å². The zero-order valence-electron chi connectivity index (χ0n) is 24.6. The summed E-state index contributed by atoms with van der Waals surface area (Å²) in [5, 5.41) is 25.6.